The van der Waals surface area contributed by atoms with Crippen LogP contribution in [0.15, 0.2) is 23.2 Å². The van der Waals surface area contributed by atoms with E-state index < -0.39 is 0 Å². The number of aryl methyl sites for hydroxylation is 2. The van der Waals surface area contributed by atoms with Gasteiger partial charge in [0.15, 0.2) is 5.17 Å². The Balaban J connectivity index is 2.34. The zero-order valence-electron chi connectivity index (χ0n) is 14.9. The molecular formula is C19H30N2S. The monoisotopic (exact) mass is 318 g/mol. The maximum atomic E-state index is 5.03. The fraction of sp³-hybridized carbons (Fsp3) is 0.632. The fourth-order valence-electron chi connectivity index (χ4n) is 3.08. The zero-order valence-corrected chi connectivity index (χ0v) is 15.7. The Morgan fingerprint density at radius 2 is 1.95 bits per heavy atom. The molecule has 0 bridgehead atoms. The SMILES string of the molecule is Cc1ccc(N=C2SCC[C@H](C(C)C)N2CC(C)C)c(C)c1. The Bertz CT molecular complexity index is 534. The maximum Gasteiger partial charge on any atom is 0.164 e. The van der Waals surface area contributed by atoms with Crippen molar-refractivity contribution < 1.29 is 0 Å². The largest absolute Gasteiger partial charge is 0.348 e. The molecule has 2 nitrogen and oxygen atoms in total. The lowest BCUT2D eigenvalue weighted by atomic mass is 9.99. The lowest BCUT2D eigenvalue weighted by Crippen LogP contribution is -2.47. The van der Waals surface area contributed by atoms with Gasteiger partial charge in [-0.15, -0.1) is 0 Å². The number of rotatable bonds is 4. The Morgan fingerprint density at radius 3 is 2.55 bits per heavy atom. The van der Waals surface area contributed by atoms with Gasteiger partial charge in [0.1, 0.15) is 0 Å². The van der Waals surface area contributed by atoms with Crippen LogP contribution < -0.4 is 0 Å². The molecule has 1 aliphatic rings. The van der Waals surface area contributed by atoms with Gasteiger partial charge in [-0.25, -0.2) is 4.99 Å². The average Bonchev–Trinajstić information content (AvgIpc) is 2.42. The second kappa shape index (κ2) is 7.54. The van der Waals surface area contributed by atoms with Crippen molar-refractivity contribution in [3.05, 3.63) is 29.3 Å². The highest BCUT2D eigenvalue weighted by atomic mass is 32.2. The number of aliphatic imine (C=N–C) groups is 1. The fourth-order valence-corrected chi connectivity index (χ4v) is 4.16. The van der Waals surface area contributed by atoms with Crippen molar-refractivity contribution in [3.8, 4) is 0 Å². The van der Waals surface area contributed by atoms with Gasteiger partial charge in [0.2, 0.25) is 0 Å². The lowest BCUT2D eigenvalue weighted by Gasteiger charge is -2.41. The van der Waals surface area contributed by atoms with Crippen LogP contribution in [0.25, 0.3) is 0 Å². The number of thioether (sulfide) groups is 1. The van der Waals surface area contributed by atoms with Gasteiger partial charge in [-0.2, -0.15) is 0 Å². The molecule has 0 aromatic heterocycles. The molecule has 1 fully saturated rings. The first-order chi connectivity index (χ1) is 10.4. The number of nitrogens with zero attached hydrogens (tertiary/aromatic N) is 2. The summed E-state index contributed by atoms with van der Waals surface area (Å²) in [4.78, 5) is 7.59. The Labute approximate surface area is 140 Å². The normalized spacial score (nSPS) is 21.2. The van der Waals surface area contributed by atoms with E-state index >= 15 is 0 Å². The van der Waals surface area contributed by atoms with Crippen LogP contribution in [0.2, 0.25) is 0 Å². The molecule has 0 radical (unpaired) electrons. The summed E-state index contributed by atoms with van der Waals surface area (Å²) in [5.41, 5.74) is 3.69. The summed E-state index contributed by atoms with van der Waals surface area (Å²) in [5.74, 6) is 2.51. The van der Waals surface area contributed by atoms with Gasteiger partial charge in [0.05, 0.1) is 5.69 Å². The number of hydrogen-bond donors (Lipinski definition) is 0. The first-order valence-corrected chi connectivity index (χ1v) is 9.42. The quantitative estimate of drug-likeness (QED) is 0.737. The van der Waals surface area contributed by atoms with Crippen molar-refractivity contribution in [2.24, 2.45) is 16.8 Å². The minimum atomic E-state index is 0.619. The van der Waals surface area contributed by atoms with Gasteiger partial charge in [0.25, 0.3) is 0 Å². The standard InChI is InChI=1S/C19H30N2S/c1-13(2)12-21-18(14(3)4)9-10-22-19(21)20-17-8-7-15(5)11-16(17)6/h7-8,11,13-14,18H,9-10,12H2,1-6H3/t18-/m1/s1. The van der Waals surface area contributed by atoms with E-state index in [4.69, 9.17) is 4.99 Å². The Kier molecular flexibility index (Phi) is 5.96. The Morgan fingerprint density at radius 1 is 1.23 bits per heavy atom. The van der Waals surface area contributed by atoms with Gasteiger partial charge in [-0.1, -0.05) is 57.2 Å². The Hall–Kier alpha value is -0.960. The summed E-state index contributed by atoms with van der Waals surface area (Å²) in [7, 11) is 0. The van der Waals surface area contributed by atoms with Crippen molar-refractivity contribution >= 4 is 22.6 Å². The number of benzene rings is 1. The molecular weight excluding hydrogens is 288 g/mol. The van der Waals surface area contributed by atoms with E-state index in [0.717, 1.165) is 12.2 Å². The van der Waals surface area contributed by atoms with Crippen molar-refractivity contribution in [1.29, 1.82) is 0 Å². The van der Waals surface area contributed by atoms with Crippen LogP contribution in [0, 0.1) is 25.7 Å². The third-order valence-electron chi connectivity index (χ3n) is 4.19. The summed E-state index contributed by atoms with van der Waals surface area (Å²) in [6, 6.07) is 7.16. The van der Waals surface area contributed by atoms with Gasteiger partial charge in [-0.05, 0) is 43.7 Å². The summed E-state index contributed by atoms with van der Waals surface area (Å²) in [6.45, 7) is 14.7. The van der Waals surface area contributed by atoms with E-state index in [-0.39, 0.29) is 0 Å². The highest BCUT2D eigenvalue weighted by Gasteiger charge is 2.29. The third-order valence-corrected chi connectivity index (χ3v) is 5.21. The zero-order chi connectivity index (χ0) is 16.3. The molecule has 2 rings (SSSR count). The molecule has 0 aliphatic carbocycles. The van der Waals surface area contributed by atoms with Crippen LogP contribution in [0.3, 0.4) is 0 Å². The molecule has 0 N–H and O–H groups in total. The van der Waals surface area contributed by atoms with Crippen molar-refractivity contribution in [2.45, 2.75) is 54.0 Å². The predicted octanol–water partition coefficient (Wildman–Crippen LogP) is 5.41. The summed E-state index contributed by atoms with van der Waals surface area (Å²) < 4.78 is 0. The van der Waals surface area contributed by atoms with E-state index in [0.29, 0.717) is 17.9 Å². The van der Waals surface area contributed by atoms with E-state index in [1.165, 1.54) is 28.5 Å². The van der Waals surface area contributed by atoms with Gasteiger partial charge < -0.3 is 4.90 Å². The molecule has 1 aromatic carbocycles. The van der Waals surface area contributed by atoms with E-state index in [9.17, 15) is 0 Å². The number of hydrogen-bond acceptors (Lipinski definition) is 2. The second-order valence-electron chi connectivity index (χ2n) is 7.18. The molecule has 22 heavy (non-hydrogen) atoms. The molecule has 1 aliphatic heterocycles. The molecule has 0 spiro atoms. The van der Waals surface area contributed by atoms with Gasteiger partial charge in [0, 0.05) is 18.3 Å². The first-order valence-electron chi connectivity index (χ1n) is 8.44. The summed E-state index contributed by atoms with van der Waals surface area (Å²) in [6.07, 6.45) is 1.26. The molecule has 0 amide bonds. The highest BCUT2D eigenvalue weighted by Crippen LogP contribution is 2.31. The molecule has 122 valence electrons. The van der Waals surface area contributed by atoms with Crippen LogP contribution in [0.1, 0.15) is 45.2 Å². The summed E-state index contributed by atoms with van der Waals surface area (Å²) >= 11 is 1.92. The topological polar surface area (TPSA) is 15.6 Å². The smallest absolute Gasteiger partial charge is 0.164 e. The van der Waals surface area contributed by atoms with Crippen molar-refractivity contribution in [2.75, 3.05) is 12.3 Å². The third kappa shape index (κ3) is 4.28. The van der Waals surface area contributed by atoms with Crippen LogP contribution in [0.4, 0.5) is 5.69 Å². The first kappa shape index (κ1) is 17.4. The molecule has 3 heteroatoms. The minimum Gasteiger partial charge on any atom is -0.348 e. The van der Waals surface area contributed by atoms with Crippen LogP contribution in [-0.4, -0.2) is 28.4 Å². The van der Waals surface area contributed by atoms with Crippen molar-refractivity contribution in [1.82, 2.24) is 4.90 Å². The van der Waals surface area contributed by atoms with Gasteiger partial charge >= 0.3 is 0 Å². The molecule has 1 heterocycles. The van der Waals surface area contributed by atoms with Crippen LogP contribution in [-0.2, 0) is 0 Å². The lowest BCUT2D eigenvalue weighted by molar-refractivity contribution is 0.223. The molecule has 1 aromatic rings. The molecule has 1 atom stereocenters. The summed E-state index contributed by atoms with van der Waals surface area (Å²) in [5, 5.41) is 1.21. The van der Waals surface area contributed by atoms with Crippen LogP contribution >= 0.6 is 11.8 Å². The van der Waals surface area contributed by atoms with E-state index in [2.05, 4.69) is 64.6 Å². The van der Waals surface area contributed by atoms with Gasteiger partial charge in [-0.3, -0.25) is 0 Å². The second-order valence-corrected chi connectivity index (χ2v) is 8.24. The highest BCUT2D eigenvalue weighted by molar-refractivity contribution is 8.13. The predicted molar refractivity (Wildman–Crippen MR) is 100 cm³/mol. The van der Waals surface area contributed by atoms with E-state index in [1.54, 1.807) is 0 Å². The molecule has 0 saturated carbocycles. The molecule has 1 saturated heterocycles. The van der Waals surface area contributed by atoms with Crippen molar-refractivity contribution in [3.63, 3.8) is 0 Å². The van der Waals surface area contributed by atoms with Crippen LogP contribution in [0.5, 0.6) is 0 Å². The average molecular weight is 319 g/mol. The molecule has 0 unspecified atom stereocenters. The number of amidine groups is 1. The maximum absolute atomic E-state index is 5.03. The minimum absolute atomic E-state index is 0.619. The van der Waals surface area contributed by atoms with E-state index in [1.807, 2.05) is 11.8 Å².